The maximum Gasteiger partial charge on any atom is 0.258 e. The van der Waals surface area contributed by atoms with Crippen molar-refractivity contribution < 1.29 is 23.5 Å². The van der Waals surface area contributed by atoms with Crippen LogP contribution in [-0.4, -0.2) is 44.0 Å². The molecule has 0 atom stereocenters. The SMILES string of the molecule is COc1ccc(CN(C)C(=O)CNC(=O)COc2ccccc2)cc1F. The van der Waals surface area contributed by atoms with Gasteiger partial charge in [0.15, 0.2) is 18.2 Å². The van der Waals surface area contributed by atoms with Crippen LogP contribution in [0.1, 0.15) is 5.56 Å². The molecule has 1 N–H and O–H groups in total. The fraction of sp³-hybridized carbons (Fsp3) is 0.263. The number of carbonyl (C=O) groups excluding carboxylic acids is 2. The summed E-state index contributed by atoms with van der Waals surface area (Å²) in [6.07, 6.45) is 0. The zero-order valence-corrected chi connectivity index (χ0v) is 14.7. The van der Waals surface area contributed by atoms with E-state index >= 15 is 0 Å². The summed E-state index contributed by atoms with van der Waals surface area (Å²) in [5.74, 6) is -0.460. The van der Waals surface area contributed by atoms with Gasteiger partial charge in [0.1, 0.15) is 5.75 Å². The first kappa shape index (κ1) is 19.2. The minimum absolute atomic E-state index is 0.147. The summed E-state index contributed by atoms with van der Waals surface area (Å²) in [6, 6.07) is 13.4. The van der Waals surface area contributed by atoms with Crippen molar-refractivity contribution in [2.45, 2.75) is 6.54 Å². The average molecular weight is 360 g/mol. The van der Waals surface area contributed by atoms with Crippen LogP contribution in [0.15, 0.2) is 48.5 Å². The summed E-state index contributed by atoms with van der Waals surface area (Å²) < 4.78 is 23.8. The van der Waals surface area contributed by atoms with Crippen molar-refractivity contribution in [2.24, 2.45) is 0 Å². The van der Waals surface area contributed by atoms with Crippen molar-refractivity contribution >= 4 is 11.8 Å². The smallest absolute Gasteiger partial charge is 0.258 e. The maximum atomic E-state index is 13.7. The number of hydrogen-bond donors (Lipinski definition) is 1. The standard InChI is InChI=1S/C19H21FN2O4/c1-22(12-14-8-9-17(25-2)16(20)10-14)19(24)11-21-18(23)13-26-15-6-4-3-5-7-15/h3-10H,11-13H2,1-2H3,(H,21,23). The van der Waals surface area contributed by atoms with Crippen LogP contribution in [0.2, 0.25) is 0 Å². The molecule has 26 heavy (non-hydrogen) atoms. The number of carbonyl (C=O) groups is 2. The second-order valence-corrected chi connectivity index (χ2v) is 5.60. The fourth-order valence-corrected chi connectivity index (χ4v) is 2.20. The lowest BCUT2D eigenvalue weighted by Crippen LogP contribution is -2.39. The highest BCUT2D eigenvalue weighted by molar-refractivity contribution is 5.85. The van der Waals surface area contributed by atoms with Gasteiger partial charge >= 0.3 is 0 Å². The van der Waals surface area contributed by atoms with Crippen LogP contribution < -0.4 is 14.8 Å². The Morgan fingerprint density at radius 1 is 1.15 bits per heavy atom. The molecule has 6 nitrogen and oxygen atoms in total. The van der Waals surface area contributed by atoms with Gasteiger partial charge in [-0.25, -0.2) is 4.39 Å². The summed E-state index contributed by atoms with van der Waals surface area (Å²) in [5, 5.41) is 2.50. The van der Waals surface area contributed by atoms with Gasteiger partial charge in [-0.3, -0.25) is 9.59 Å². The van der Waals surface area contributed by atoms with Gasteiger partial charge in [-0.05, 0) is 29.8 Å². The number of nitrogens with one attached hydrogen (secondary N) is 1. The minimum atomic E-state index is -0.489. The second kappa shape index (κ2) is 9.41. The number of rotatable bonds is 8. The Labute approximate surface area is 151 Å². The van der Waals surface area contributed by atoms with Gasteiger partial charge < -0.3 is 19.7 Å². The van der Waals surface area contributed by atoms with E-state index in [-0.39, 0.29) is 31.4 Å². The quantitative estimate of drug-likeness (QED) is 0.782. The third-order valence-electron chi connectivity index (χ3n) is 3.61. The molecule has 0 aliphatic rings. The molecule has 0 aliphatic carbocycles. The van der Waals surface area contributed by atoms with Crippen LogP contribution in [0.25, 0.3) is 0 Å². The summed E-state index contributed by atoms with van der Waals surface area (Å²) >= 11 is 0. The van der Waals surface area contributed by atoms with E-state index in [1.807, 2.05) is 6.07 Å². The van der Waals surface area contributed by atoms with Crippen molar-refractivity contribution in [1.29, 1.82) is 0 Å². The van der Waals surface area contributed by atoms with Crippen LogP contribution in [0.5, 0.6) is 11.5 Å². The van der Waals surface area contributed by atoms with Crippen LogP contribution >= 0.6 is 0 Å². The third kappa shape index (κ3) is 5.77. The number of hydrogen-bond acceptors (Lipinski definition) is 4. The molecule has 2 amide bonds. The Bertz CT molecular complexity index is 752. The van der Waals surface area contributed by atoms with Crippen molar-refractivity contribution in [1.82, 2.24) is 10.2 Å². The highest BCUT2D eigenvalue weighted by Crippen LogP contribution is 2.18. The van der Waals surface area contributed by atoms with Crippen molar-refractivity contribution in [3.05, 3.63) is 59.9 Å². The first-order valence-electron chi connectivity index (χ1n) is 8.00. The Morgan fingerprint density at radius 2 is 1.88 bits per heavy atom. The number of methoxy groups -OCH3 is 1. The molecule has 0 saturated heterocycles. The fourth-order valence-electron chi connectivity index (χ4n) is 2.20. The zero-order chi connectivity index (χ0) is 18.9. The number of amides is 2. The normalized spacial score (nSPS) is 10.1. The van der Waals surface area contributed by atoms with E-state index in [0.717, 1.165) is 0 Å². The molecule has 138 valence electrons. The van der Waals surface area contributed by atoms with Gasteiger partial charge in [-0.15, -0.1) is 0 Å². The molecule has 2 rings (SSSR count). The highest BCUT2D eigenvalue weighted by atomic mass is 19.1. The lowest BCUT2D eigenvalue weighted by molar-refractivity contribution is -0.132. The molecule has 0 aliphatic heterocycles. The Hall–Kier alpha value is -3.09. The molecule has 0 unspecified atom stereocenters. The van der Waals surface area contributed by atoms with E-state index in [4.69, 9.17) is 9.47 Å². The number of likely N-dealkylation sites (N-methyl/N-ethyl adjacent to an activating group) is 1. The van der Waals surface area contributed by atoms with Crippen LogP contribution in [-0.2, 0) is 16.1 Å². The minimum Gasteiger partial charge on any atom is -0.494 e. The van der Waals surface area contributed by atoms with Gasteiger partial charge in [0.2, 0.25) is 5.91 Å². The Balaban J connectivity index is 1.76. The van der Waals surface area contributed by atoms with Gasteiger partial charge in [0.25, 0.3) is 5.91 Å². The molecule has 0 spiro atoms. The van der Waals surface area contributed by atoms with Gasteiger partial charge in [-0.2, -0.15) is 0 Å². The second-order valence-electron chi connectivity index (χ2n) is 5.60. The molecule has 2 aromatic rings. The van der Waals surface area contributed by atoms with E-state index in [1.54, 1.807) is 37.4 Å². The number of nitrogens with zero attached hydrogens (tertiary/aromatic N) is 1. The summed E-state index contributed by atoms with van der Waals surface area (Å²) in [5.41, 5.74) is 0.623. The third-order valence-corrected chi connectivity index (χ3v) is 3.61. The molecule has 0 radical (unpaired) electrons. The van der Waals surface area contributed by atoms with E-state index < -0.39 is 11.7 Å². The zero-order valence-electron chi connectivity index (χ0n) is 14.7. The molecular weight excluding hydrogens is 339 g/mol. The van der Waals surface area contributed by atoms with Crippen LogP contribution in [0, 0.1) is 5.82 Å². The lowest BCUT2D eigenvalue weighted by atomic mass is 10.2. The molecule has 7 heteroatoms. The number of ether oxygens (including phenoxy) is 2. The van der Waals surface area contributed by atoms with Gasteiger partial charge in [0.05, 0.1) is 13.7 Å². The van der Waals surface area contributed by atoms with Crippen LogP contribution in [0.3, 0.4) is 0 Å². The molecular formula is C19H21FN2O4. The number of halogens is 1. The van der Waals surface area contributed by atoms with E-state index in [9.17, 15) is 14.0 Å². The van der Waals surface area contributed by atoms with Gasteiger partial charge in [-0.1, -0.05) is 24.3 Å². The van der Waals surface area contributed by atoms with E-state index in [2.05, 4.69) is 5.32 Å². The largest absolute Gasteiger partial charge is 0.494 e. The van der Waals surface area contributed by atoms with Crippen molar-refractivity contribution in [3.8, 4) is 11.5 Å². The first-order chi connectivity index (χ1) is 12.5. The summed E-state index contributed by atoms with van der Waals surface area (Å²) in [7, 11) is 2.97. The predicted octanol–water partition coefficient (Wildman–Crippen LogP) is 1.99. The molecule has 0 heterocycles. The Kier molecular flexibility index (Phi) is 6.96. The molecule has 0 aromatic heterocycles. The Morgan fingerprint density at radius 3 is 2.54 bits per heavy atom. The summed E-state index contributed by atoms with van der Waals surface area (Å²) in [4.78, 5) is 25.2. The van der Waals surface area contributed by atoms with E-state index in [1.165, 1.54) is 24.1 Å². The molecule has 0 fully saturated rings. The van der Waals surface area contributed by atoms with Crippen molar-refractivity contribution in [2.75, 3.05) is 27.3 Å². The highest BCUT2D eigenvalue weighted by Gasteiger charge is 2.12. The van der Waals surface area contributed by atoms with Gasteiger partial charge in [0, 0.05) is 13.6 Å². The monoisotopic (exact) mass is 360 g/mol. The molecule has 0 bridgehead atoms. The molecule has 0 saturated carbocycles. The van der Waals surface area contributed by atoms with Crippen LogP contribution in [0.4, 0.5) is 4.39 Å². The van der Waals surface area contributed by atoms with E-state index in [0.29, 0.717) is 11.3 Å². The predicted molar refractivity (Wildman–Crippen MR) is 94.4 cm³/mol. The van der Waals surface area contributed by atoms with Crippen molar-refractivity contribution in [3.63, 3.8) is 0 Å². The maximum absolute atomic E-state index is 13.7. The number of benzene rings is 2. The topological polar surface area (TPSA) is 67.9 Å². The first-order valence-corrected chi connectivity index (χ1v) is 8.00. The lowest BCUT2D eigenvalue weighted by Gasteiger charge is -2.18. The average Bonchev–Trinajstić information content (AvgIpc) is 2.65. The summed E-state index contributed by atoms with van der Waals surface area (Å²) in [6.45, 7) is -0.118. The number of para-hydroxylation sites is 1. The molecule has 2 aromatic carbocycles.